The molecule has 1 aliphatic rings. The number of nitro groups is 1. The summed E-state index contributed by atoms with van der Waals surface area (Å²) in [5.74, 6) is -2.81. The second-order valence-electron chi connectivity index (χ2n) is 5.84. The van der Waals surface area contributed by atoms with Crippen molar-refractivity contribution in [2.45, 2.75) is 12.8 Å². The number of rotatable bonds is 6. The number of esters is 1. The molecule has 26 heavy (non-hydrogen) atoms. The van der Waals surface area contributed by atoms with Crippen molar-refractivity contribution < 1.29 is 29.2 Å². The molecular weight excluding hydrogens is 346 g/mol. The molecule has 1 aliphatic heterocycles. The van der Waals surface area contributed by atoms with Gasteiger partial charge in [0.2, 0.25) is 0 Å². The van der Waals surface area contributed by atoms with Gasteiger partial charge in [-0.1, -0.05) is 0 Å². The number of carbonyl (C=O) groups is 3. The Kier molecular flexibility index (Phi) is 6.10. The molecule has 0 spiro atoms. The number of carbonyl (C=O) groups excluding carboxylic acids is 2. The first kappa shape index (κ1) is 19.2. The summed E-state index contributed by atoms with van der Waals surface area (Å²) in [5, 5.41) is 22.9. The number of amides is 1. The van der Waals surface area contributed by atoms with Gasteiger partial charge in [-0.2, -0.15) is 0 Å². The number of benzene rings is 1. The standard InChI is InChI=1S/C16H19N3O7/c1-26-14(20)8-17-15(21)10-4-5-12(13(7-10)19(24)25)18-6-2-3-11(9-18)16(22)23/h4-5,7,11H,2-3,6,8-9H2,1H3,(H,17,21)(H,22,23). The number of nitro benzene ring substituents is 1. The number of methoxy groups -OCH3 is 1. The number of anilines is 1. The zero-order chi connectivity index (χ0) is 19.3. The van der Waals surface area contributed by atoms with Gasteiger partial charge in [0.25, 0.3) is 11.6 Å². The van der Waals surface area contributed by atoms with Crippen LogP contribution in [0.3, 0.4) is 0 Å². The molecule has 1 heterocycles. The lowest BCUT2D eigenvalue weighted by Crippen LogP contribution is -2.39. The number of carboxylic acid groups (broad SMARTS) is 1. The second kappa shape index (κ2) is 8.28. The molecule has 1 unspecified atom stereocenters. The minimum Gasteiger partial charge on any atom is -0.481 e. The number of ether oxygens (including phenoxy) is 1. The zero-order valence-electron chi connectivity index (χ0n) is 14.1. The topological polar surface area (TPSA) is 139 Å². The molecule has 2 N–H and O–H groups in total. The smallest absolute Gasteiger partial charge is 0.325 e. The van der Waals surface area contributed by atoms with E-state index in [2.05, 4.69) is 10.1 Å². The number of hydrogen-bond acceptors (Lipinski definition) is 7. The maximum Gasteiger partial charge on any atom is 0.325 e. The fraction of sp³-hybridized carbons (Fsp3) is 0.438. The second-order valence-corrected chi connectivity index (χ2v) is 5.84. The average molecular weight is 365 g/mol. The first-order valence-electron chi connectivity index (χ1n) is 7.94. The Bertz CT molecular complexity index is 735. The van der Waals surface area contributed by atoms with Crippen LogP contribution in [0.15, 0.2) is 18.2 Å². The van der Waals surface area contributed by atoms with Crippen LogP contribution in [0, 0.1) is 16.0 Å². The van der Waals surface area contributed by atoms with E-state index < -0.39 is 28.7 Å². The number of nitrogens with one attached hydrogen (secondary N) is 1. The highest BCUT2D eigenvalue weighted by atomic mass is 16.6. The van der Waals surface area contributed by atoms with Crippen molar-refractivity contribution in [2.75, 3.05) is 31.6 Å². The van der Waals surface area contributed by atoms with Crippen molar-refractivity contribution >= 4 is 29.2 Å². The highest BCUT2D eigenvalue weighted by Crippen LogP contribution is 2.32. The van der Waals surface area contributed by atoms with Crippen molar-refractivity contribution in [1.29, 1.82) is 0 Å². The number of nitrogens with zero attached hydrogens (tertiary/aromatic N) is 2. The van der Waals surface area contributed by atoms with Crippen molar-refractivity contribution in [3.8, 4) is 0 Å². The molecule has 0 aliphatic carbocycles. The number of carboxylic acids is 1. The molecule has 1 atom stereocenters. The molecule has 1 aromatic rings. The van der Waals surface area contributed by atoms with Crippen LogP contribution in [0.1, 0.15) is 23.2 Å². The maximum absolute atomic E-state index is 12.0. The largest absolute Gasteiger partial charge is 0.481 e. The molecule has 2 rings (SSSR count). The summed E-state index contributed by atoms with van der Waals surface area (Å²) >= 11 is 0. The van der Waals surface area contributed by atoms with Crippen LogP contribution in [0.25, 0.3) is 0 Å². The van der Waals surface area contributed by atoms with Gasteiger partial charge in [0.05, 0.1) is 18.0 Å². The Morgan fingerprint density at radius 1 is 1.42 bits per heavy atom. The fourth-order valence-electron chi connectivity index (χ4n) is 2.80. The molecule has 10 heteroatoms. The van der Waals surface area contributed by atoms with E-state index in [1.807, 2.05) is 0 Å². The number of hydrogen-bond donors (Lipinski definition) is 2. The van der Waals surface area contributed by atoms with Crippen LogP contribution in [0.2, 0.25) is 0 Å². The number of aliphatic carboxylic acids is 1. The lowest BCUT2D eigenvalue weighted by molar-refractivity contribution is -0.384. The molecule has 1 amide bonds. The Morgan fingerprint density at radius 3 is 2.77 bits per heavy atom. The summed E-state index contributed by atoms with van der Waals surface area (Å²) in [7, 11) is 1.18. The molecule has 140 valence electrons. The Hall–Kier alpha value is -3.17. The van der Waals surface area contributed by atoms with E-state index in [1.54, 1.807) is 4.90 Å². The minimum atomic E-state index is -0.934. The van der Waals surface area contributed by atoms with Crippen LogP contribution in [-0.2, 0) is 14.3 Å². The van der Waals surface area contributed by atoms with Crippen molar-refractivity contribution in [3.05, 3.63) is 33.9 Å². The Balaban J connectivity index is 2.23. The van der Waals surface area contributed by atoms with Crippen molar-refractivity contribution in [1.82, 2.24) is 5.32 Å². The lowest BCUT2D eigenvalue weighted by atomic mass is 9.97. The van der Waals surface area contributed by atoms with Gasteiger partial charge in [-0.05, 0) is 25.0 Å². The normalized spacial score (nSPS) is 16.7. The molecule has 10 nitrogen and oxygen atoms in total. The van der Waals surface area contributed by atoms with E-state index in [9.17, 15) is 29.6 Å². The van der Waals surface area contributed by atoms with Gasteiger partial charge in [0.15, 0.2) is 0 Å². The van der Waals surface area contributed by atoms with Crippen LogP contribution >= 0.6 is 0 Å². The molecule has 1 aromatic carbocycles. The van der Waals surface area contributed by atoms with E-state index in [1.165, 1.54) is 19.2 Å². The predicted molar refractivity (Wildman–Crippen MR) is 90.0 cm³/mol. The summed E-state index contributed by atoms with van der Waals surface area (Å²) in [6.45, 7) is 0.319. The molecule has 0 bridgehead atoms. The monoisotopic (exact) mass is 365 g/mol. The fourth-order valence-corrected chi connectivity index (χ4v) is 2.80. The van der Waals surface area contributed by atoms with Gasteiger partial charge in [-0.15, -0.1) is 0 Å². The lowest BCUT2D eigenvalue weighted by Gasteiger charge is -2.32. The van der Waals surface area contributed by atoms with E-state index in [4.69, 9.17) is 0 Å². The van der Waals surface area contributed by atoms with E-state index in [0.717, 1.165) is 6.07 Å². The molecular formula is C16H19N3O7. The van der Waals surface area contributed by atoms with Crippen LogP contribution in [-0.4, -0.2) is 54.6 Å². The highest BCUT2D eigenvalue weighted by molar-refractivity contribution is 5.97. The summed E-state index contributed by atoms with van der Waals surface area (Å²) < 4.78 is 4.41. The third-order valence-electron chi connectivity index (χ3n) is 4.17. The third kappa shape index (κ3) is 4.47. The molecule has 0 saturated carbocycles. The third-order valence-corrected chi connectivity index (χ3v) is 4.17. The minimum absolute atomic E-state index is 0.0242. The Morgan fingerprint density at radius 2 is 2.15 bits per heavy atom. The Labute approximate surface area is 148 Å². The molecule has 0 radical (unpaired) electrons. The zero-order valence-corrected chi connectivity index (χ0v) is 14.1. The quantitative estimate of drug-likeness (QED) is 0.429. The average Bonchev–Trinajstić information content (AvgIpc) is 2.65. The van der Waals surface area contributed by atoms with Gasteiger partial charge >= 0.3 is 11.9 Å². The van der Waals surface area contributed by atoms with Gasteiger partial charge in [-0.3, -0.25) is 24.5 Å². The summed E-state index contributed by atoms with van der Waals surface area (Å²) in [6.07, 6.45) is 1.13. The highest BCUT2D eigenvalue weighted by Gasteiger charge is 2.29. The SMILES string of the molecule is COC(=O)CNC(=O)c1ccc(N2CCCC(C(=O)O)C2)c([N+](=O)[O-])c1. The van der Waals surface area contributed by atoms with Crippen LogP contribution in [0.4, 0.5) is 11.4 Å². The molecule has 0 aromatic heterocycles. The predicted octanol–water partition coefficient (Wildman–Crippen LogP) is 0.799. The van der Waals surface area contributed by atoms with Crippen molar-refractivity contribution in [2.24, 2.45) is 5.92 Å². The molecule has 1 saturated heterocycles. The van der Waals surface area contributed by atoms with Gasteiger partial charge in [0.1, 0.15) is 12.2 Å². The van der Waals surface area contributed by atoms with E-state index in [-0.39, 0.29) is 30.0 Å². The van der Waals surface area contributed by atoms with Crippen LogP contribution < -0.4 is 10.2 Å². The first-order chi connectivity index (χ1) is 12.3. The van der Waals surface area contributed by atoms with Crippen LogP contribution in [0.5, 0.6) is 0 Å². The maximum atomic E-state index is 12.0. The van der Waals surface area contributed by atoms with Crippen molar-refractivity contribution in [3.63, 3.8) is 0 Å². The van der Waals surface area contributed by atoms with Gasteiger partial charge in [0, 0.05) is 24.7 Å². The number of piperidine rings is 1. The van der Waals surface area contributed by atoms with E-state index in [0.29, 0.717) is 19.4 Å². The van der Waals surface area contributed by atoms with Gasteiger partial charge < -0.3 is 20.1 Å². The van der Waals surface area contributed by atoms with E-state index >= 15 is 0 Å². The summed E-state index contributed by atoms with van der Waals surface area (Å²) in [6, 6.07) is 3.95. The molecule has 1 fully saturated rings. The summed E-state index contributed by atoms with van der Waals surface area (Å²) in [4.78, 5) is 46.8. The summed E-state index contributed by atoms with van der Waals surface area (Å²) in [5.41, 5.74) is 0.00312. The first-order valence-corrected chi connectivity index (χ1v) is 7.94. The van der Waals surface area contributed by atoms with Gasteiger partial charge in [-0.25, -0.2) is 0 Å².